The van der Waals surface area contributed by atoms with E-state index < -0.39 is 5.91 Å². The monoisotopic (exact) mass is 270 g/mol. The van der Waals surface area contributed by atoms with Gasteiger partial charge in [0.05, 0.1) is 6.20 Å². The zero-order valence-corrected chi connectivity index (χ0v) is 11.7. The summed E-state index contributed by atoms with van der Waals surface area (Å²) >= 11 is 0. The molecule has 2 N–H and O–H groups in total. The van der Waals surface area contributed by atoms with Crippen LogP contribution < -0.4 is 5.73 Å². The molecule has 20 heavy (non-hydrogen) atoms. The average molecular weight is 270 g/mol. The van der Waals surface area contributed by atoms with Gasteiger partial charge in [-0.2, -0.15) is 5.10 Å². The number of aliphatic imine (C=N–C) groups is 1. The average Bonchev–Trinajstić information content (AvgIpc) is 2.65. The van der Waals surface area contributed by atoms with Crippen LogP contribution in [0.15, 0.2) is 46.6 Å². The number of hydrogen-bond donors (Lipinski definition) is 1. The molecule has 1 heterocycles. The number of aryl methyl sites for hydroxylation is 1. The van der Waals surface area contributed by atoms with Crippen LogP contribution in [0.1, 0.15) is 30.3 Å². The third-order valence-corrected chi connectivity index (χ3v) is 3.09. The van der Waals surface area contributed by atoms with Crippen molar-refractivity contribution in [2.75, 3.05) is 0 Å². The predicted molar refractivity (Wildman–Crippen MR) is 80.1 cm³/mol. The van der Waals surface area contributed by atoms with Crippen LogP contribution in [0.4, 0.5) is 5.69 Å². The summed E-state index contributed by atoms with van der Waals surface area (Å²) in [5.74, 6) is -0.529. The highest BCUT2D eigenvalue weighted by Crippen LogP contribution is 2.18. The third-order valence-electron chi connectivity index (χ3n) is 3.09. The molecule has 0 fully saturated rings. The van der Waals surface area contributed by atoms with Gasteiger partial charge in [0.15, 0.2) is 5.69 Å². The Bertz CT molecular complexity index is 632. The second-order valence-corrected chi connectivity index (χ2v) is 4.54. The summed E-state index contributed by atoms with van der Waals surface area (Å²) in [5, 5.41) is 4.01. The molecule has 0 radical (unpaired) electrons. The number of aromatic nitrogens is 2. The minimum Gasteiger partial charge on any atom is -0.364 e. The molecule has 5 heteroatoms. The lowest BCUT2D eigenvalue weighted by Crippen LogP contribution is -2.15. The molecule has 1 aromatic rings. The first-order valence-electron chi connectivity index (χ1n) is 6.55. The van der Waals surface area contributed by atoms with Crippen molar-refractivity contribution in [1.29, 1.82) is 0 Å². The van der Waals surface area contributed by atoms with E-state index in [0.29, 0.717) is 11.4 Å². The van der Waals surface area contributed by atoms with Gasteiger partial charge in [0.1, 0.15) is 5.69 Å². The van der Waals surface area contributed by atoms with Gasteiger partial charge in [-0.1, -0.05) is 31.2 Å². The maximum Gasteiger partial charge on any atom is 0.269 e. The molecule has 0 aromatic carbocycles. The maximum atomic E-state index is 11.4. The first-order chi connectivity index (χ1) is 9.61. The van der Waals surface area contributed by atoms with Crippen LogP contribution in [0.25, 0.3) is 0 Å². The molecule has 2 rings (SSSR count). The summed E-state index contributed by atoms with van der Waals surface area (Å²) in [6.07, 6.45) is 13.5. The van der Waals surface area contributed by atoms with Crippen molar-refractivity contribution in [3.63, 3.8) is 0 Å². The second kappa shape index (κ2) is 6.14. The standard InChI is InChI=1S/C15H18N4O/c1-3-11-6-4-5-7-12(8-11)9-17-13-10-18-19(2)14(13)15(16)20/h4,6-10H,3,5H2,1-2H3,(H2,16,20)/b17-9+. The molecule has 1 aromatic heterocycles. The number of amides is 1. The molecule has 104 valence electrons. The molecule has 0 spiro atoms. The van der Waals surface area contributed by atoms with Gasteiger partial charge >= 0.3 is 0 Å². The number of hydrogen-bond acceptors (Lipinski definition) is 3. The van der Waals surface area contributed by atoms with E-state index in [1.54, 1.807) is 13.3 Å². The third kappa shape index (κ3) is 3.12. The fraction of sp³-hybridized carbons (Fsp3) is 0.267. The van der Waals surface area contributed by atoms with E-state index in [4.69, 9.17) is 5.73 Å². The van der Waals surface area contributed by atoms with Gasteiger partial charge in [0.25, 0.3) is 5.91 Å². The Morgan fingerprint density at radius 2 is 2.40 bits per heavy atom. The Balaban J connectivity index is 2.26. The maximum absolute atomic E-state index is 11.4. The van der Waals surface area contributed by atoms with Crippen LogP contribution >= 0.6 is 0 Å². The molecule has 0 aliphatic heterocycles. The molecule has 5 nitrogen and oxygen atoms in total. The summed E-state index contributed by atoms with van der Waals surface area (Å²) in [6.45, 7) is 2.11. The molecule has 1 aliphatic carbocycles. The van der Waals surface area contributed by atoms with Gasteiger partial charge < -0.3 is 5.73 Å². The van der Waals surface area contributed by atoms with E-state index in [1.165, 1.54) is 16.5 Å². The number of allylic oxidation sites excluding steroid dienone is 6. The van der Waals surface area contributed by atoms with Gasteiger partial charge in [-0.05, 0) is 24.0 Å². The van der Waals surface area contributed by atoms with Crippen molar-refractivity contribution < 1.29 is 4.79 Å². The van der Waals surface area contributed by atoms with Crippen LogP contribution in [-0.4, -0.2) is 21.9 Å². The topological polar surface area (TPSA) is 73.3 Å². The zero-order valence-electron chi connectivity index (χ0n) is 11.7. The highest BCUT2D eigenvalue weighted by molar-refractivity contribution is 5.97. The quantitative estimate of drug-likeness (QED) is 0.853. The van der Waals surface area contributed by atoms with Crippen molar-refractivity contribution in [3.05, 3.63) is 47.3 Å². The minimum absolute atomic E-state index is 0.313. The molecular weight excluding hydrogens is 252 g/mol. The van der Waals surface area contributed by atoms with Crippen LogP contribution in [-0.2, 0) is 7.05 Å². The Morgan fingerprint density at radius 3 is 3.10 bits per heavy atom. The number of rotatable bonds is 4. The number of primary amides is 1. The van der Waals surface area contributed by atoms with E-state index >= 15 is 0 Å². The first-order valence-corrected chi connectivity index (χ1v) is 6.55. The van der Waals surface area contributed by atoms with E-state index in [1.807, 2.05) is 0 Å². The van der Waals surface area contributed by atoms with Crippen molar-refractivity contribution in [1.82, 2.24) is 9.78 Å². The first kappa shape index (κ1) is 14.0. The van der Waals surface area contributed by atoms with Crippen LogP contribution in [0.2, 0.25) is 0 Å². The molecule has 0 saturated heterocycles. The summed E-state index contributed by atoms with van der Waals surface area (Å²) in [7, 11) is 1.67. The highest BCUT2D eigenvalue weighted by Gasteiger charge is 2.12. The van der Waals surface area contributed by atoms with E-state index in [2.05, 4.69) is 41.3 Å². The van der Waals surface area contributed by atoms with Gasteiger partial charge in [0, 0.05) is 13.3 Å². The lowest BCUT2D eigenvalue weighted by atomic mass is 10.1. The second-order valence-electron chi connectivity index (χ2n) is 4.54. The summed E-state index contributed by atoms with van der Waals surface area (Å²) in [6, 6.07) is 0. The molecule has 0 saturated carbocycles. The van der Waals surface area contributed by atoms with Gasteiger partial charge in [-0.25, -0.2) is 0 Å². The number of carbonyl (C=O) groups excluding carboxylic acids is 1. The fourth-order valence-corrected chi connectivity index (χ4v) is 2.00. The smallest absolute Gasteiger partial charge is 0.269 e. The van der Waals surface area contributed by atoms with E-state index in [9.17, 15) is 4.79 Å². The number of carbonyl (C=O) groups is 1. The predicted octanol–water partition coefficient (Wildman–Crippen LogP) is 2.44. The van der Waals surface area contributed by atoms with Crippen molar-refractivity contribution in [2.45, 2.75) is 19.8 Å². The number of nitrogens with two attached hydrogens (primary N) is 1. The SMILES string of the molecule is CCC1=CC(/C=N/c2cnn(C)c2C(N)=O)=CCC=C1. The molecule has 0 bridgehead atoms. The summed E-state index contributed by atoms with van der Waals surface area (Å²) in [4.78, 5) is 15.7. The zero-order chi connectivity index (χ0) is 14.5. The van der Waals surface area contributed by atoms with Crippen molar-refractivity contribution >= 4 is 17.8 Å². The van der Waals surface area contributed by atoms with Crippen LogP contribution in [0.3, 0.4) is 0 Å². The highest BCUT2D eigenvalue weighted by atomic mass is 16.1. The number of nitrogens with zero attached hydrogens (tertiary/aromatic N) is 3. The summed E-state index contributed by atoms with van der Waals surface area (Å²) in [5.41, 5.74) is 8.40. The van der Waals surface area contributed by atoms with Crippen molar-refractivity contribution in [2.24, 2.45) is 17.8 Å². The van der Waals surface area contributed by atoms with Crippen LogP contribution in [0, 0.1) is 0 Å². The van der Waals surface area contributed by atoms with Crippen molar-refractivity contribution in [3.8, 4) is 0 Å². The van der Waals surface area contributed by atoms with Gasteiger partial charge in [-0.15, -0.1) is 0 Å². The largest absolute Gasteiger partial charge is 0.364 e. The van der Waals surface area contributed by atoms with Crippen LogP contribution in [0.5, 0.6) is 0 Å². The van der Waals surface area contributed by atoms with Gasteiger partial charge in [0.2, 0.25) is 0 Å². The Labute approximate surface area is 118 Å². The minimum atomic E-state index is -0.529. The Kier molecular flexibility index (Phi) is 4.30. The lowest BCUT2D eigenvalue weighted by Gasteiger charge is -1.98. The molecule has 1 amide bonds. The normalized spacial score (nSPS) is 15.1. The molecule has 0 atom stereocenters. The molecule has 1 aliphatic rings. The van der Waals surface area contributed by atoms with E-state index in [0.717, 1.165) is 18.4 Å². The van der Waals surface area contributed by atoms with Gasteiger partial charge in [-0.3, -0.25) is 14.5 Å². The Morgan fingerprint density at radius 1 is 1.60 bits per heavy atom. The fourth-order valence-electron chi connectivity index (χ4n) is 2.00. The lowest BCUT2D eigenvalue weighted by molar-refractivity contribution is 0.0992. The molecular formula is C15H18N4O. The molecule has 0 unspecified atom stereocenters. The van der Waals surface area contributed by atoms with E-state index in [-0.39, 0.29) is 0 Å². The summed E-state index contributed by atoms with van der Waals surface area (Å²) < 4.78 is 1.44. The Hall–Kier alpha value is -2.43.